The first-order valence-corrected chi connectivity index (χ1v) is 22.9. The van der Waals surface area contributed by atoms with E-state index < -0.39 is 0 Å². The fraction of sp³-hybridized carbons (Fsp3) is 0.744. The van der Waals surface area contributed by atoms with Crippen LogP contribution in [0, 0.1) is 0 Å². The fourth-order valence-electron chi connectivity index (χ4n) is 5.48. The maximum atomic E-state index is 6.33. The number of nitrogens with zero attached hydrogens (tertiary/aromatic N) is 1. The highest BCUT2D eigenvalue weighted by Gasteiger charge is 2.11. The van der Waals surface area contributed by atoms with Crippen LogP contribution in [0.5, 0.6) is 0 Å². The number of imidazole rings is 1. The monoisotopic (exact) mass is 717 g/mol. The second-order valence-corrected chi connectivity index (χ2v) is 15.9. The van der Waals surface area contributed by atoms with E-state index in [0.717, 1.165) is 50.4 Å². The molecule has 1 rings (SSSR count). The van der Waals surface area contributed by atoms with Gasteiger partial charge in [-0.3, -0.25) is 0 Å². The van der Waals surface area contributed by atoms with Gasteiger partial charge in [0.15, 0.2) is 0 Å². The lowest BCUT2D eigenvalue weighted by molar-refractivity contribution is -0.00609. The first kappa shape index (κ1) is 45.8. The smallest absolute Gasteiger partial charge is 0.0921 e. The van der Waals surface area contributed by atoms with Crippen molar-refractivity contribution in [3.8, 4) is 0 Å². The van der Waals surface area contributed by atoms with Crippen LogP contribution < -0.4 is 0 Å². The van der Waals surface area contributed by atoms with E-state index >= 15 is 0 Å². The normalized spacial score (nSPS) is 12.9. The van der Waals surface area contributed by atoms with E-state index in [1.165, 1.54) is 134 Å². The molecular weight excluding hydrogens is 641 g/mol. The van der Waals surface area contributed by atoms with Crippen molar-refractivity contribution in [1.82, 2.24) is 9.97 Å². The van der Waals surface area contributed by atoms with Crippen molar-refractivity contribution in [2.45, 2.75) is 180 Å². The van der Waals surface area contributed by atoms with E-state index in [1.54, 1.807) is 6.33 Å². The van der Waals surface area contributed by atoms with Crippen LogP contribution in [0.1, 0.15) is 174 Å². The highest BCUT2D eigenvalue weighted by atomic mass is 33.1. The Kier molecular flexibility index (Phi) is 37.0. The third kappa shape index (κ3) is 35.0. The van der Waals surface area contributed by atoms with Crippen molar-refractivity contribution in [2.75, 3.05) is 25.6 Å². The average Bonchev–Trinajstić information content (AvgIpc) is 3.64. The van der Waals surface area contributed by atoms with Crippen LogP contribution in [-0.2, 0) is 15.2 Å². The first-order valence-electron chi connectivity index (χ1n) is 20.4. The standard InChI is InChI=1S/C43H76N2O2S2/c1-3-5-7-9-11-13-15-17-19-21-23-25-27-29-31-33-35-46-38-43(40-49-48-39-42-37-44-41-45-42)47-36-34-32-30-28-26-24-22-20-18-16-14-12-10-8-6-4-2/h11-14,17-20,37,41,43H,3-10,15-16,21-36,38-40H2,1-2H3,(H,44,45). The molecule has 0 radical (unpaired) electrons. The number of H-pyrrole nitrogens is 1. The zero-order valence-electron chi connectivity index (χ0n) is 31.9. The van der Waals surface area contributed by atoms with E-state index in [1.807, 2.05) is 27.8 Å². The number of aromatic nitrogens is 2. The number of allylic oxidation sites excluding steroid dienone is 8. The van der Waals surface area contributed by atoms with Crippen molar-refractivity contribution in [3.63, 3.8) is 0 Å². The van der Waals surface area contributed by atoms with E-state index in [4.69, 9.17) is 9.47 Å². The molecule has 1 unspecified atom stereocenters. The van der Waals surface area contributed by atoms with Crippen molar-refractivity contribution in [1.29, 1.82) is 0 Å². The van der Waals surface area contributed by atoms with E-state index in [9.17, 15) is 0 Å². The van der Waals surface area contributed by atoms with Crippen molar-refractivity contribution < 1.29 is 9.47 Å². The van der Waals surface area contributed by atoms with Gasteiger partial charge in [0.05, 0.1) is 19.0 Å². The summed E-state index contributed by atoms with van der Waals surface area (Å²) in [7, 11) is 3.75. The minimum Gasteiger partial charge on any atom is -0.379 e. The van der Waals surface area contributed by atoms with Crippen LogP contribution in [0.4, 0.5) is 0 Å². The van der Waals surface area contributed by atoms with Crippen molar-refractivity contribution >= 4 is 21.6 Å². The molecule has 0 aliphatic heterocycles. The summed E-state index contributed by atoms with van der Waals surface area (Å²) in [6.45, 7) is 6.94. The molecule has 1 atom stereocenters. The van der Waals surface area contributed by atoms with Gasteiger partial charge in [-0.15, -0.1) is 0 Å². The molecule has 1 aromatic rings. The van der Waals surface area contributed by atoms with E-state index in [2.05, 4.69) is 72.4 Å². The van der Waals surface area contributed by atoms with E-state index in [0.29, 0.717) is 6.61 Å². The third-order valence-corrected chi connectivity index (χ3v) is 11.0. The lowest BCUT2D eigenvalue weighted by Gasteiger charge is -2.18. The number of unbranched alkanes of at least 4 members (excludes halogenated alkanes) is 18. The minimum atomic E-state index is 0.168. The van der Waals surface area contributed by atoms with Crippen LogP contribution in [0.15, 0.2) is 61.1 Å². The molecule has 0 saturated heterocycles. The lowest BCUT2D eigenvalue weighted by Crippen LogP contribution is -2.23. The topological polar surface area (TPSA) is 47.1 Å². The molecule has 0 saturated carbocycles. The van der Waals surface area contributed by atoms with Gasteiger partial charge in [-0.25, -0.2) is 4.98 Å². The quantitative estimate of drug-likeness (QED) is 0.0419. The zero-order valence-corrected chi connectivity index (χ0v) is 33.6. The molecule has 0 aliphatic carbocycles. The van der Waals surface area contributed by atoms with Crippen LogP contribution in [0.3, 0.4) is 0 Å². The van der Waals surface area contributed by atoms with E-state index in [-0.39, 0.29) is 6.10 Å². The molecule has 0 aliphatic rings. The Morgan fingerprint density at radius 2 is 1.08 bits per heavy atom. The minimum absolute atomic E-state index is 0.168. The average molecular weight is 717 g/mol. The number of hydrogen-bond acceptors (Lipinski definition) is 5. The summed E-state index contributed by atoms with van der Waals surface area (Å²) < 4.78 is 12.4. The van der Waals surface area contributed by atoms with Crippen LogP contribution in [0.2, 0.25) is 0 Å². The van der Waals surface area contributed by atoms with Gasteiger partial charge in [-0.2, -0.15) is 0 Å². The third-order valence-electron chi connectivity index (χ3n) is 8.60. The highest BCUT2D eigenvalue weighted by molar-refractivity contribution is 8.76. The molecule has 282 valence electrons. The van der Waals surface area contributed by atoms with Gasteiger partial charge < -0.3 is 14.5 Å². The largest absolute Gasteiger partial charge is 0.379 e. The number of hydrogen-bond donors (Lipinski definition) is 1. The molecule has 1 N–H and O–H groups in total. The van der Waals surface area contributed by atoms with Gasteiger partial charge in [0.25, 0.3) is 0 Å². The van der Waals surface area contributed by atoms with Gasteiger partial charge >= 0.3 is 0 Å². The fourth-order valence-corrected chi connectivity index (χ4v) is 7.67. The predicted molar refractivity (Wildman–Crippen MR) is 222 cm³/mol. The number of aromatic amines is 1. The van der Waals surface area contributed by atoms with Crippen LogP contribution in [-0.4, -0.2) is 41.6 Å². The maximum absolute atomic E-state index is 6.33. The summed E-state index contributed by atoms with van der Waals surface area (Å²) in [5.41, 5.74) is 1.17. The second-order valence-electron chi connectivity index (χ2n) is 13.4. The summed E-state index contributed by atoms with van der Waals surface area (Å²) in [6, 6.07) is 0. The summed E-state index contributed by atoms with van der Waals surface area (Å²) in [5, 5.41) is 0. The molecule has 1 heterocycles. The number of ether oxygens (including phenoxy) is 2. The van der Waals surface area contributed by atoms with Crippen molar-refractivity contribution in [3.05, 3.63) is 66.8 Å². The van der Waals surface area contributed by atoms with Crippen LogP contribution >= 0.6 is 21.6 Å². The summed E-state index contributed by atoms with van der Waals surface area (Å²) in [4.78, 5) is 7.31. The lowest BCUT2D eigenvalue weighted by atomic mass is 10.1. The van der Waals surface area contributed by atoms with Gasteiger partial charge in [0.1, 0.15) is 0 Å². The van der Waals surface area contributed by atoms with Gasteiger partial charge in [-0.05, 0) is 77.0 Å². The first-order chi connectivity index (χ1) is 24.4. The molecule has 0 amide bonds. The molecular formula is C43H76N2O2S2. The molecule has 4 nitrogen and oxygen atoms in total. The summed E-state index contributed by atoms with van der Waals surface area (Å²) in [5.74, 6) is 1.90. The Balaban J connectivity index is 2.05. The molecule has 0 bridgehead atoms. The summed E-state index contributed by atoms with van der Waals surface area (Å²) in [6.07, 6.45) is 53.2. The maximum Gasteiger partial charge on any atom is 0.0921 e. The Morgan fingerprint density at radius 1 is 0.592 bits per heavy atom. The predicted octanol–water partition coefficient (Wildman–Crippen LogP) is 14.3. The number of rotatable bonds is 38. The highest BCUT2D eigenvalue weighted by Crippen LogP contribution is 2.26. The molecule has 0 aromatic carbocycles. The molecule has 6 heteroatoms. The molecule has 1 aromatic heterocycles. The van der Waals surface area contributed by atoms with Gasteiger partial charge in [0.2, 0.25) is 0 Å². The molecule has 49 heavy (non-hydrogen) atoms. The Morgan fingerprint density at radius 3 is 1.59 bits per heavy atom. The van der Waals surface area contributed by atoms with Gasteiger partial charge in [0, 0.05) is 36.6 Å². The molecule has 0 spiro atoms. The Hall–Kier alpha value is -1.21. The number of nitrogens with one attached hydrogen (secondary N) is 1. The van der Waals surface area contributed by atoms with Crippen molar-refractivity contribution in [2.24, 2.45) is 0 Å². The summed E-state index contributed by atoms with van der Waals surface area (Å²) >= 11 is 0. The zero-order chi connectivity index (χ0) is 35.0. The Labute approximate surface area is 312 Å². The van der Waals surface area contributed by atoms with Crippen LogP contribution in [0.25, 0.3) is 0 Å². The Bertz CT molecular complexity index is 884. The SMILES string of the molecule is CCCCCC=CCC=CCCCCCCCCOCC(CSSCc1cnc[nH]1)OCCCCCCCCC=CCC=CCCCCC. The van der Waals surface area contributed by atoms with Gasteiger partial charge in [-0.1, -0.05) is 161 Å². The molecule has 0 fully saturated rings. The second kappa shape index (κ2) is 39.6.